The van der Waals surface area contributed by atoms with Crippen molar-refractivity contribution in [1.29, 1.82) is 0 Å². The molecule has 41 unspecified atom stereocenters. The first-order valence-electron chi connectivity index (χ1n) is 56.9. The molecule has 37 heteroatoms. The van der Waals surface area contributed by atoms with Crippen LogP contribution in [0.3, 0.4) is 0 Å². The molecule has 36 nitrogen and oxygen atoms in total. The smallest absolute Gasteiger partial charge is 0.317 e. The second-order valence-corrected chi connectivity index (χ2v) is 54.1. The van der Waals surface area contributed by atoms with Crippen molar-refractivity contribution >= 4 is 113 Å². The highest BCUT2D eigenvalue weighted by atomic mass is 35.5. The number of alkyl halides is 1. The summed E-state index contributed by atoms with van der Waals surface area (Å²) >= 11 is 5.66. The Bertz CT molecular complexity index is 5180. The second-order valence-electron chi connectivity index (χ2n) is 53.7. The van der Waals surface area contributed by atoms with Gasteiger partial charge in [-0.3, -0.25) is 81.5 Å². The van der Waals surface area contributed by atoms with Crippen LogP contribution in [0.15, 0.2) is 0 Å². The minimum Gasteiger partial charge on any atom is -0.481 e. The lowest BCUT2D eigenvalue weighted by atomic mass is 9.50. The van der Waals surface area contributed by atoms with E-state index in [0.29, 0.717) is 81.3 Å². The quantitative estimate of drug-likeness (QED) is 0.0240. The van der Waals surface area contributed by atoms with Crippen molar-refractivity contribution in [2.24, 2.45) is 265 Å². The molecule has 0 amide bonds. The number of aliphatic hydroxyl groups is 1. The standard InChI is InChI=1S/C53H68O14.C27H28O12.C13H21ClO.C11H8O6.C8H10O3/c54-46-34-13-30-11-32(34)44(66-46)42(30)64-50(58)40-37-15-36(38(40)48(56)62-3-1-60-22-52-16-24-5-25(17-52)7-26(6-24)18-52)41(51(59)65-43-31-12-33-35(14-31)47(55)67-45(33)43)39(37)49(57)63-4-2-61-23-53-19-27-8-28(20-53)10-29(9-27)21-53;28-22(29)14-13-5-12(16(14)26(34)36-18-6-1-8-10(3-6)24(32)38-20(8)18)15(23(30)31)17(13)27(35)37-19-7-2-9-11(4-7)25(33)39-21(9)19;14-1-2-15-9-13-6-10-3-11(7-13)5-12(4-10)8-13;12-8-4-2-1-3(6(4)10(14)16-8)7-5(2)9(13)17-11(7)15;9-6-3-1-4-5(2-3)8(10)11-7(4)6/h24-45H,1-23H2;6-21H,1-5H2,(H,28,29)(H,30,31);10-12H,1-9H2;2-7H,1H2;3-7,9H,1-2H2. The molecule has 35 fully saturated rings. The molecule has 0 aromatic carbocycles. The molecule has 35 aliphatic rings. The Hall–Kier alpha value is -8.48. The molecular weight excluding hydrogens is 1960 g/mol. The topological polar surface area (TPSA) is 499 Å². The Morgan fingerprint density at radius 1 is 0.262 bits per heavy atom. The van der Waals surface area contributed by atoms with Crippen LogP contribution in [0, 0.1) is 265 Å². The monoisotopic (exact) mass is 2090 g/mol. The predicted molar refractivity (Wildman–Crippen MR) is 494 cm³/mol. The van der Waals surface area contributed by atoms with Crippen molar-refractivity contribution in [3.8, 4) is 0 Å². The van der Waals surface area contributed by atoms with Gasteiger partial charge in [0, 0.05) is 59.1 Å². The van der Waals surface area contributed by atoms with Crippen LogP contribution >= 0.6 is 11.6 Å². The van der Waals surface area contributed by atoms with Gasteiger partial charge in [-0.25, -0.2) is 0 Å². The fourth-order valence-corrected chi connectivity index (χ4v) is 42.7. The molecule has 0 aromatic heterocycles. The van der Waals surface area contributed by atoms with Gasteiger partial charge in [-0.05, 0) is 310 Å². The number of ether oxygens (including phenoxy) is 16. The van der Waals surface area contributed by atoms with E-state index in [1.54, 1.807) is 0 Å². The lowest BCUT2D eigenvalue weighted by molar-refractivity contribution is -0.186. The van der Waals surface area contributed by atoms with Crippen LogP contribution < -0.4 is 0 Å². The third-order valence-electron chi connectivity index (χ3n) is 46.2. The third-order valence-corrected chi connectivity index (χ3v) is 46.3. The summed E-state index contributed by atoms with van der Waals surface area (Å²) in [4.78, 5) is 217. The Kier molecular flexibility index (Phi) is 23.6. The van der Waals surface area contributed by atoms with E-state index in [0.717, 1.165) is 92.2 Å². The number of fused-ring (bicyclic) bond motifs is 17. The normalized spacial score (nSPS) is 52.0. The molecule has 28 aliphatic carbocycles. The highest BCUT2D eigenvalue weighted by molar-refractivity contribution is 6.18. The van der Waals surface area contributed by atoms with E-state index in [2.05, 4.69) is 9.47 Å². The fourth-order valence-electron chi connectivity index (χ4n) is 42.5. The van der Waals surface area contributed by atoms with Crippen molar-refractivity contribution in [2.75, 3.05) is 58.7 Å². The van der Waals surface area contributed by atoms with Crippen molar-refractivity contribution in [3.05, 3.63) is 0 Å². The molecule has 7 saturated heterocycles. The number of cyclic esters (lactones) is 4. The summed E-state index contributed by atoms with van der Waals surface area (Å²) in [5.74, 6) is -17.0. The van der Waals surface area contributed by atoms with Gasteiger partial charge in [0.25, 0.3) is 0 Å². The molecule has 28 saturated carbocycles. The van der Waals surface area contributed by atoms with Crippen LogP contribution in [0.1, 0.15) is 199 Å². The number of hydrogen-bond donors (Lipinski definition) is 3. The number of aliphatic hydroxyl groups excluding tert-OH is 1. The van der Waals surface area contributed by atoms with Gasteiger partial charge in [0.15, 0.2) is 0 Å². The number of hydrogen-bond acceptors (Lipinski definition) is 34. The fraction of sp³-hybridized carbons (Fsp3) is 0.848. The lowest BCUT2D eigenvalue weighted by Crippen LogP contribution is -2.51. The van der Waals surface area contributed by atoms with Crippen LogP contribution in [0.2, 0.25) is 0 Å². The van der Waals surface area contributed by atoms with E-state index in [1.807, 2.05) is 0 Å². The maximum absolute atomic E-state index is 14.8. The van der Waals surface area contributed by atoms with Gasteiger partial charge in [0.05, 0.1) is 146 Å². The van der Waals surface area contributed by atoms with Crippen LogP contribution in [0.4, 0.5) is 0 Å². The first kappa shape index (κ1) is 97.5. The third kappa shape index (κ3) is 15.5. The van der Waals surface area contributed by atoms with Gasteiger partial charge in [-0.1, -0.05) is 0 Å². The molecular formula is C112H135ClO36. The molecule has 0 aromatic rings. The van der Waals surface area contributed by atoms with E-state index in [1.165, 1.54) is 116 Å². The minimum atomic E-state index is -1.30. The average Bonchev–Trinajstić information content (AvgIpc) is 1.53. The van der Waals surface area contributed by atoms with E-state index in [9.17, 15) is 96.8 Å². The van der Waals surface area contributed by atoms with Crippen LogP contribution in [0.5, 0.6) is 0 Å². The number of carbonyl (C=O) groups is 17. The summed E-state index contributed by atoms with van der Waals surface area (Å²) < 4.78 is 91.3. The Labute approximate surface area is 864 Å². The Balaban J connectivity index is 0.000000107. The zero-order valence-corrected chi connectivity index (χ0v) is 84.3. The summed E-state index contributed by atoms with van der Waals surface area (Å²) in [5, 5.41) is 29.8. The lowest BCUT2D eigenvalue weighted by Gasteiger charge is -2.56. The number of halogens is 1. The zero-order chi connectivity index (χ0) is 102. The number of rotatable bonds is 26. The second kappa shape index (κ2) is 36.0. The molecule has 35 rings (SSSR count). The molecule has 0 spiro atoms. The molecule has 41 atom stereocenters. The SMILES string of the molecule is ClCCOCC12CC3CC(CC(C3)C1)C2.O=C1OC(=O)C2C3CC(C12)C1C(=O)OC(=O)C31.O=C1OC2C(O)C3CC1C2C3.O=C1OC2C3CC(CC13)C2OC(=O)C1C2CC(C1C(=O)O)C(C(=O)OC1C3CC4C(=O)OC1C4C3)C2C(=O)O.O=C1OC2C3CC(CC13)C2OC(=O)C1C2CC(C1C(=O)OCCOCC13CC4CC(CC(C4)C1)C3)C(C(=O)OC1C3CC4C(=O)OC1C4C3)C2C(=O)OCCOCC12CC3CC(CC(C3)C1)C2. The van der Waals surface area contributed by atoms with Gasteiger partial charge in [0.2, 0.25) is 0 Å². The van der Waals surface area contributed by atoms with Crippen molar-refractivity contribution in [2.45, 2.75) is 260 Å². The number of carboxylic acid groups (broad SMARTS) is 2. The molecule has 806 valence electrons. The number of carboxylic acids is 2. The molecule has 7 aliphatic heterocycles. The largest absolute Gasteiger partial charge is 0.481 e. The molecule has 7 heterocycles. The zero-order valence-electron chi connectivity index (χ0n) is 83.5. The molecule has 28 bridgehead atoms. The first-order chi connectivity index (χ1) is 71.8. The van der Waals surface area contributed by atoms with Gasteiger partial charge in [0.1, 0.15) is 68.1 Å². The van der Waals surface area contributed by atoms with Gasteiger partial charge in [-0.15, -0.1) is 11.6 Å². The van der Waals surface area contributed by atoms with Crippen LogP contribution in [-0.2, 0) is 157 Å². The summed E-state index contributed by atoms with van der Waals surface area (Å²) in [5.41, 5.74) is 0.987. The summed E-state index contributed by atoms with van der Waals surface area (Å²) in [7, 11) is 0. The number of esters is 15. The average molecular weight is 2090 g/mol. The van der Waals surface area contributed by atoms with E-state index in [4.69, 9.17) is 77.9 Å². The highest BCUT2D eigenvalue weighted by Crippen LogP contribution is 2.71. The van der Waals surface area contributed by atoms with Crippen molar-refractivity contribution < 1.29 is 173 Å². The number of aliphatic carboxylic acids is 2. The minimum absolute atomic E-state index is 0.00170. The Morgan fingerprint density at radius 3 is 0.765 bits per heavy atom. The maximum Gasteiger partial charge on any atom is 0.317 e. The molecule has 149 heavy (non-hydrogen) atoms. The van der Waals surface area contributed by atoms with E-state index < -0.39 is 215 Å². The molecule has 3 N–H and O–H groups in total. The van der Waals surface area contributed by atoms with Gasteiger partial charge >= 0.3 is 101 Å². The first-order valence-corrected chi connectivity index (χ1v) is 57.4. The highest BCUT2D eigenvalue weighted by Gasteiger charge is 2.77. The van der Waals surface area contributed by atoms with Crippen molar-refractivity contribution in [1.82, 2.24) is 0 Å². The van der Waals surface area contributed by atoms with Gasteiger partial charge in [-0.2, -0.15) is 0 Å². The Morgan fingerprint density at radius 2 is 0.497 bits per heavy atom. The summed E-state index contributed by atoms with van der Waals surface area (Å²) in [6.07, 6.45) is 26.9. The predicted octanol–water partition coefficient (Wildman–Crippen LogP) is 8.55. The van der Waals surface area contributed by atoms with Crippen molar-refractivity contribution in [3.63, 3.8) is 0 Å². The maximum atomic E-state index is 14.8. The van der Waals surface area contributed by atoms with E-state index in [-0.39, 0.29) is 181 Å². The van der Waals surface area contributed by atoms with Crippen LogP contribution in [-0.4, -0.2) is 237 Å². The molecule has 0 radical (unpaired) electrons. The van der Waals surface area contributed by atoms with Gasteiger partial charge < -0.3 is 91.1 Å². The van der Waals surface area contributed by atoms with E-state index >= 15 is 0 Å². The summed E-state index contributed by atoms with van der Waals surface area (Å²) in [6, 6.07) is 0. The number of carbonyl (C=O) groups excluding carboxylic acids is 15. The van der Waals surface area contributed by atoms with Crippen LogP contribution in [0.25, 0.3) is 0 Å². The summed E-state index contributed by atoms with van der Waals surface area (Å²) in [6.45, 7) is 3.47.